The van der Waals surface area contributed by atoms with Gasteiger partial charge in [0.15, 0.2) is 0 Å². The maximum atomic E-state index is 12.4. The second-order valence-electron chi connectivity index (χ2n) is 5.79. The third kappa shape index (κ3) is 3.91. The lowest BCUT2D eigenvalue weighted by molar-refractivity contribution is -0.157. The van der Waals surface area contributed by atoms with Crippen LogP contribution in [0.25, 0.3) is 0 Å². The first-order valence-corrected chi connectivity index (χ1v) is 8.62. The normalized spacial score (nSPS) is 14.9. The highest BCUT2D eigenvalue weighted by Gasteiger charge is 2.30. The molecule has 2 aromatic rings. The summed E-state index contributed by atoms with van der Waals surface area (Å²) in [6.45, 7) is 1.55. The first kappa shape index (κ1) is 16.4. The zero-order chi connectivity index (χ0) is 17.1. The van der Waals surface area contributed by atoms with Crippen LogP contribution in [0.3, 0.4) is 0 Å². The highest BCUT2D eigenvalue weighted by molar-refractivity contribution is 7.07. The van der Waals surface area contributed by atoms with Gasteiger partial charge >= 0.3 is 10.8 Å². The Bertz CT molecular complexity index is 792. The Balaban J connectivity index is 1.74. The molecule has 3 rings (SSSR count). The highest BCUT2D eigenvalue weighted by Crippen LogP contribution is 2.23. The zero-order valence-electron chi connectivity index (χ0n) is 13.2. The van der Waals surface area contributed by atoms with Crippen LogP contribution in [-0.4, -0.2) is 22.5 Å². The summed E-state index contributed by atoms with van der Waals surface area (Å²) in [5.74, 6) is -0.940. The Morgan fingerprint density at radius 1 is 1.33 bits per heavy atom. The summed E-state index contributed by atoms with van der Waals surface area (Å²) in [5.41, 5.74) is 1.30. The molecule has 0 radical (unpaired) electrons. The lowest BCUT2D eigenvalue weighted by Crippen LogP contribution is -2.34. The van der Waals surface area contributed by atoms with Crippen LogP contribution in [0.5, 0.6) is 0 Å². The van der Waals surface area contributed by atoms with Crippen molar-refractivity contribution < 1.29 is 14.3 Å². The maximum Gasteiger partial charge on any atom is 0.327 e. The molecule has 1 aromatic heterocycles. The molecule has 1 fully saturated rings. The topological polar surface area (TPSA) is 77.4 Å². The zero-order valence-corrected chi connectivity index (χ0v) is 14.0. The average molecular weight is 346 g/mol. The van der Waals surface area contributed by atoms with Crippen molar-refractivity contribution in [3.8, 4) is 0 Å². The SMILES string of the molecule is Cc1csc(=O)n1CC(=O)O[C@H](C(=O)NC1CC1)c1ccccc1. The number of nitrogens with zero attached hydrogens (tertiary/aromatic N) is 1. The van der Waals surface area contributed by atoms with E-state index in [1.807, 2.05) is 6.07 Å². The molecule has 0 saturated heterocycles. The Morgan fingerprint density at radius 2 is 2.04 bits per heavy atom. The smallest absolute Gasteiger partial charge is 0.327 e. The first-order valence-electron chi connectivity index (χ1n) is 7.74. The van der Waals surface area contributed by atoms with Crippen molar-refractivity contribution in [1.82, 2.24) is 9.88 Å². The van der Waals surface area contributed by atoms with E-state index < -0.39 is 12.1 Å². The van der Waals surface area contributed by atoms with Crippen molar-refractivity contribution in [2.75, 3.05) is 0 Å². The number of benzene rings is 1. The molecule has 1 N–H and O–H groups in total. The number of hydrogen-bond acceptors (Lipinski definition) is 5. The number of esters is 1. The fourth-order valence-electron chi connectivity index (χ4n) is 2.30. The van der Waals surface area contributed by atoms with E-state index in [1.54, 1.807) is 36.6 Å². The summed E-state index contributed by atoms with van der Waals surface area (Å²) >= 11 is 1.03. The van der Waals surface area contributed by atoms with Crippen molar-refractivity contribution in [1.29, 1.82) is 0 Å². The van der Waals surface area contributed by atoms with Gasteiger partial charge in [-0.3, -0.25) is 19.0 Å². The molecule has 24 heavy (non-hydrogen) atoms. The largest absolute Gasteiger partial charge is 0.446 e. The van der Waals surface area contributed by atoms with Gasteiger partial charge in [0.1, 0.15) is 6.54 Å². The molecule has 1 heterocycles. The summed E-state index contributed by atoms with van der Waals surface area (Å²) in [7, 11) is 0. The molecule has 126 valence electrons. The minimum absolute atomic E-state index is 0.171. The van der Waals surface area contributed by atoms with Crippen molar-refractivity contribution >= 4 is 23.2 Å². The third-order valence-corrected chi connectivity index (χ3v) is 4.66. The molecule has 1 aliphatic rings. The van der Waals surface area contributed by atoms with Crippen molar-refractivity contribution in [3.63, 3.8) is 0 Å². The van der Waals surface area contributed by atoms with E-state index in [0.717, 1.165) is 24.2 Å². The first-order chi connectivity index (χ1) is 11.5. The van der Waals surface area contributed by atoms with Crippen molar-refractivity contribution in [3.05, 3.63) is 56.6 Å². The van der Waals surface area contributed by atoms with Crippen LogP contribution in [0.15, 0.2) is 40.5 Å². The molecule has 0 unspecified atom stereocenters. The Kier molecular flexibility index (Phi) is 4.80. The number of amides is 1. The van der Waals surface area contributed by atoms with E-state index in [1.165, 1.54) is 4.57 Å². The number of carbonyl (C=O) groups excluding carboxylic acids is 2. The second kappa shape index (κ2) is 7.00. The summed E-state index contributed by atoms with van der Waals surface area (Å²) in [4.78, 5) is 36.2. The maximum absolute atomic E-state index is 12.4. The number of thiazole rings is 1. The van der Waals surface area contributed by atoms with E-state index in [4.69, 9.17) is 4.74 Å². The molecule has 1 saturated carbocycles. The molecule has 1 aromatic carbocycles. The third-order valence-electron chi connectivity index (χ3n) is 3.78. The number of nitrogens with one attached hydrogen (secondary N) is 1. The van der Waals surface area contributed by atoms with E-state index in [0.29, 0.717) is 11.3 Å². The predicted molar refractivity (Wildman–Crippen MR) is 89.8 cm³/mol. The van der Waals surface area contributed by atoms with E-state index >= 15 is 0 Å². The van der Waals surface area contributed by atoms with Gasteiger partial charge in [0.25, 0.3) is 5.91 Å². The minimum Gasteiger partial charge on any atom is -0.446 e. The molecular weight excluding hydrogens is 328 g/mol. The van der Waals surface area contributed by atoms with Crippen molar-refractivity contribution in [2.45, 2.75) is 38.5 Å². The number of aryl methyl sites for hydroxylation is 1. The standard InChI is InChI=1S/C17H18N2O4S/c1-11-10-24-17(22)19(11)9-14(20)23-15(12-5-3-2-4-6-12)16(21)18-13-7-8-13/h2-6,10,13,15H,7-9H2,1H3,(H,18,21)/t15-/m0/s1. The van der Waals surface area contributed by atoms with Crippen LogP contribution in [0.1, 0.15) is 30.2 Å². The number of ether oxygens (including phenoxy) is 1. The molecule has 0 bridgehead atoms. The molecule has 6 nitrogen and oxygen atoms in total. The van der Waals surface area contributed by atoms with Crippen LogP contribution >= 0.6 is 11.3 Å². The van der Waals surface area contributed by atoms with E-state index in [9.17, 15) is 14.4 Å². The van der Waals surface area contributed by atoms with Crippen LogP contribution in [0, 0.1) is 6.92 Å². The summed E-state index contributed by atoms with van der Waals surface area (Å²) in [6.07, 6.45) is 0.893. The van der Waals surface area contributed by atoms with Gasteiger partial charge < -0.3 is 10.1 Å². The van der Waals surface area contributed by atoms with Gasteiger partial charge in [0.2, 0.25) is 6.10 Å². The Labute approximate surface area is 143 Å². The van der Waals surface area contributed by atoms with Crippen LogP contribution in [0.2, 0.25) is 0 Å². The Morgan fingerprint density at radius 3 is 2.62 bits per heavy atom. The van der Waals surface area contributed by atoms with Crippen LogP contribution < -0.4 is 10.2 Å². The van der Waals surface area contributed by atoms with Gasteiger partial charge in [0.05, 0.1) is 0 Å². The number of aromatic nitrogens is 1. The lowest BCUT2D eigenvalue weighted by Gasteiger charge is -2.18. The van der Waals surface area contributed by atoms with E-state index in [-0.39, 0.29) is 23.4 Å². The summed E-state index contributed by atoms with van der Waals surface area (Å²) in [5, 5.41) is 4.54. The molecule has 1 atom stereocenters. The van der Waals surface area contributed by atoms with Gasteiger partial charge in [-0.05, 0) is 19.8 Å². The fraction of sp³-hybridized carbons (Fsp3) is 0.353. The molecule has 0 aliphatic heterocycles. The molecule has 7 heteroatoms. The molecule has 1 amide bonds. The van der Waals surface area contributed by atoms with Gasteiger partial charge in [-0.15, -0.1) is 0 Å². The molecule has 1 aliphatic carbocycles. The van der Waals surface area contributed by atoms with Crippen LogP contribution in [0.4, 0.5) is 0 Å². The van der Waals surface area contributed by atoms with E-state index in [2.05, 4.69) is 5.32 Å². The minimum atomic E-state index is -1.01. The quantitative estimate of drug-likeness (QED) is 0.809. The van der Waals surface area contributed by atoms with Gasteiger partial charge in [-0.1, -0.05) is 41.7 Å². The van der Waals surface area contributed by atoms with Crippen LogP contribution in [-0.2, 0) is 20.9 Å². The summed E-state index contributed by atoms with van der Waals surface area (Å²) < 4.78 is 6.75. The second-order valence-corrected chi connectivity index (χ2v) is 6.61. The van der Waals surface area contributed by atoms with Crippen molar-refractivity contribution in [2.24, 2.45) is 0 Å². The average Bonchev–Trinajstić information content (AvgIpc) is 3.34. The predicted octanol–water partition coefficient (Wildman–Crippen LogP) is 1.78. The fourth-order valence-corrected chi connectivity index (χ4v) is 3.03. The summed E-state index contributed by atoms with van der Waals surface area (Å²) in [6, 6.07) is 9.06. The molecule has 0 spiro atoms. The number of carbonyl (C=O) groups is 2. The Hall–Kier alpha value is -2.41. The lowest BCUT2D eigenvalue weighted by atomic mass is 10.1. The van der Waals surface area contributed by atoms with Gasteiger partial charge in [-0.2, -0.15) is 0 Å². The number of hydrogen-bond donors (Lipinski definition) is 1. The monoisotopic (exact) mass is 346 g/mol. The molecular formula is C17H18N2O4S. The van der Waals surface area contributed by atoms with Gasteiger partial charge in [-0.25, -0.2) is 0 Å². The number of rotatable bonds is 6. The highest BCUT2D eigenvalue weighted by atomic mass is 32.1. The van der Waals surface area contributed by atoms with Gasteiger partial charge in [0, 0.05) is 22.7 Å².